The Morgan fingerprint density at radius 2 is 1.33 bits per heavy atom. The molecule has 0 saturated carbocycles. The first-order valence-corrected chi connectivity index (χ1v) is 2.37. The van der Waals surface area contributed by atoms with Crippen molar-refractivity contribution in [1.29, 1.82) is 0 Å². The molecule has 1 aliphatic rings. The zero-order chi connectivity index (χ0) is 5.98. The number of nitrogens with one attached hydrogen (secondary N) is 2. The molecule has 2 N–H and O–H groups in total. The maximum Gasteiger partial charge on any atom is 0.309 e. The SMILES string of the molecule is O=C1NCCNC1=O.S. The molecule has 2 amide bonds. The summed E-state index contributed by atoms with van der Waals surface area (Å²) in [5, 5.41) is 4.76. The van der Waals surface area contributed by atoms with Gasteiger partial charge in [-0.2, -0.15) is 13.5 Å². The summed E-state index contributed by atoms with van der Waals surface area (Å²) in [5.41, 5.74) is 0. The van der Waals surface area contributed by atoms with E-state index in [1.807, 2.05) is 0 Å². The van der Waals surface area contributed by atoms with Gasteiger partial charge in [0.15, 0.2) is 0 Å². The van der Waals surface area contributed by atoms with Crippen molar-refractivity contribution in [1.82, 2.24) is 10.6 Å². The second-order valence-electron chi connectivity index (χ2n) is 1.51. The molecule has 0 radical (unpaired) electrons. The molecule has 0 aromatic heterocycles. The summed E-state index contributed by atoms with van der Waals surface area (Å²) >= 11 is 0. The molecule has 0 unspecified atom stereocenters. The van der Waals surface area contributed by atoms with E-state index in [2.05, 4.69) is 10.6 Å². The number of rotatable bonds is 0. The number of piperazine rings is 1. The molecular formula is C4H8N2O2S. The van der Waals surface area contributed by atoms with E-state index in [1.54, 1.807) is 0 Å². The lowest BCUT2D eigenvalue weighted by molar-refractivity contribution is -0.140. The van der Waals surface area contributed by atoms with Crippen LogP contribution < -0.4 is 10.6 Å². The van der Waals surface area contributed by atoms with E-state index in [1.165, 1.54) is 0 Å². The van der Waals surface area contributed by atoms with Crippen LogP contribution in [0.1, 0.15) is 0 Å². The van der Waals surface area contributed by atoms with Gasteiger partial charge in [-0.1, -0.05) is 0 Å². The Bertz CT molecular complexity index is 121. The highest BCUT2D eigenvalue weighted by atomic mass is 32.1. The van der Waals surface area contributed by atoms with Crippen LogP contribution in [0.2, 0.25) is 0 Å². The largest absolute Gasteiger partial charge is 0.346 e. The minimum Gasteiger partial charge on any atom is -0.346 e. The van der Waals surface area contributed by atoms with E-state index in [-0.39, 0.29) is 13.5 Å². The molecule has 9 heavy (non-hydrogen) atoms. The monoisotopic (exact) mass is 148 g/mol. The molecule has 0 spiro atoms. The summed E-state index contributed by atoms with van der Waals surface area (Å²) in [6.45, 7) is 1.09. The average molecular weight is 148 g/mol. The smallest absolute Gasteiger partial charge is 0.309 e. The van der Waals surface area contributed by atoms with Crippen molar-refractivity contribution in [2.45, 2.75) is 0 Å². The van der Waals surface area contributed by atoms with Crippen molar-refractivity contribution in [2.24, 2.45) is 0 Å². The van der Waals surface area contributed by atoms with Gasteiger partial charge >= 0.3 is 11.8 Å². The van der Waals surface area contributed by atoms with E-state index < -0.39 is 11.8 Å². The Morgan fingerprint density at radius 3 is 1.56 bits per heavy atom. The van der Waals surface area contributed by atoms with Crippen molar-refractivity contribution in [2.75, 3.05) is 13.1 Å². The van der Waals surface area contributed by atoms with Gasteiger partial charge in [0.05, 0.1) is 0 Å². The third-order valence-corrected chi connectivity index (χ3v) is 0.902. The Labute approximate surface area is 59.4 Å². The second kappa shape index (κ2) is 3.34. The lowest BCUT2D eigenvalue weighted by atomic mass is 10.4. The molecule has 0 bridgehead atoms. The Hall–Kier alpha value is -0.710. The van der Waals surface area contributed by atoms with Gasteiger partial charge < -0.3 is 10.6 Å². The number of carbonyl (C=O) groups is 2. The number of hydrogen-bond acceptors (Lipinski definition) is 2. The van der Waals surface area contributed by atoms with Crippen LogP contribution in [0.15, 0.2) is 0 Å². The highest BCUT2D eigenvalue weighted by molar-refractivity contribution is 7.59. The van der Waals surface area contributed by atoms with E-state index in [9.17, 15) is 9.59 Å². The predicted octanol–water partition coefficient (Wildman–Crippen LogP) is -1.65. The lowest BCUT2D eigenvalue weighted by Gasteiger charge is -2.10. The average Bonchev–Trinajstić information content (AvgIpc) is 1.77. The minimum absolute atomic E-state index is 0. The summed E-state index contributed by atoms with van der Waals surface area (Å²) in [6, 6.07) is 0. The highest BCUT2D eigenvalue weighted by Crippen LogP contribution is 1.73. The summed E-state index contributed by atoms with van der Waals surface area (Å²) in [6.07, 6.45) is 0. The van der Waals surface area contributed by atoms with Crippen LogP contribution in [0.5, 0.6) is 0 Å². The maximum absolute atomic E-state index is 10.3. The number of carbonyl (C=O) groups excluding carboxylic acids is 2. The topological polar surface area (TPSA) is 58.2 Å². The number of amides is 2. The summed E-state index contributed by atoms with van der Waals surface area (Å²) in [7, 11) is 0. The third-order valence-electron chi connectivity index (χ3n) is 0.902. The molecule has 0 aromatic carbocycles. The molecule has 1 aliphatic heterocycles. The van der Waals surface area contributed by atoms with E-state index in [4.69, 9.17) is 0 Å². The standard InChI is InChI=1S/C4H6N2O2.H2S/c7-3-4(8)6-2-1-5-3;/h1-2H2,(H,5,7)(H,6,8);1H2. The summed E-state index contributed by atoms with van der Waals surface area (Å²) < 4.78 is 0. The maximum atomic E-state index is 10.3. The van der Waals surface area contributed by atoms with Gasteiger partial charge in [0.1, 0.15) is 0 Å². The highest BCUT2D eigenvalue weighted by Gasteiger charge is 2.15. The van der Waals surface area contributed by atoms with Crippen LogP contribution >= 0.6 is 13.5 Å². The first-order chi connectivity index (χ1) is 3.80. The van der Waals surface area contributed by atoms with E-state index >= 15 is 0 Å². The zero-order valence-electron chi connectivity index (χ0n) is 4.73. The third kappa shape index (κ3) is 1.93. The van der Waals surface area contributed by atoms with Gasteiger partial charge in [-0.05, 0) is 0 Å². The van der Waals surface area contributed by atoms with Crippen molar-refractivity contribution in [3.05, 3.63) is 0 Å². The molecule has 1 heterocycles. The summed E-state index contributed by atoms with van der Waals surface area (Å²) in [5.74, 6) is -1.06. The van der Waals surface area contributed by atoms with Gasteiger partial charge in [0.25, 0.3) is 0 Å². The van der Waals surface area contributed by atoms with Crippen molar-refractivity contribution in [3.8, 4) is 0 Å². The quantitative estimate of drug-likeness (QED) is 0.404. The summed E-state index contributed by atoms with van der Waals surface area (Å²) in [4.78, 5) is 20.5. The zero-order valence-corrected chi connectivity index (χ0v) is 5.73. The lowest BCUT2D eigenvalue weighted by Crippen LogP contribution is -2.49. The van der Waals surface area contributed by atoms with Gasteiger partial charge in [-0.15, -0.1) is 0 Å². The first-order valence-electron chi connectivity index (χ1n) is 2.37. The molecule has 4 nitrogen and oxygen atoms in total. The molecule has 0 aliphatic carbocycles. The van der Waals surface area contributed by atoms with E-state index in [0.29, 0.717) is 13.1 Å². The van der Waals surface area contributed by atoms with Gasteiger partial charge in [-0.25, -0.2) is 0 Å². The number of hydrogen-bond donors (Lipinski definition) is 2. The molecule has 52 valence electrons. The molecule has 0 aromatic rings. The fourth-order valence-corrected chi connectivity index (χ4v) is 0.513. The molecule has 1 rings (SSSR count). The Kier molecular flexibility index (Phi) is 3.08. The molecule has 1 saturated heterocycles. The first kappa shape index (κ1) is 8.29. The Balaban J connectivity index is 0.000000640. The van der Waals surface area contributed by atoms with E-state index in [0.717, 1.165) is 0 Å². The van der Waals surface area contributed by atoms with Gasteiger partial charge in [-0.3, -0.25) is 9.59 Å². The Morgan fingerprint density at radius 1 is 1.00 bits per heavy atom. The molecular weight excluding hydrogens is 140 g/mol. The fraction of sp³-hybridized carbons (Fsp3) is 0.500. The molecule has 1 fully saturated rings. The predicted molar refractivity (Wildman–Crippen MR) is 36.4 cm³/mol. The van der Waals surface area contributed by atoms with Crippen molar-refractivity contribution < 1.29 is 9.59 Å². The molecule has 5 heteroatoms. The molecule has 0 atom stereocenters. The van der Waals surface area contributed by atoms with Crippen LogP contribution in [0.25, 0.3) is 0 Å². The van der Waals surface area contributed by atoms with Crippen LogP contribution in [0.4, 0.5) is 0 Å². The van der Waals surface area contributed by atoms with Crippen LogP contribution in [0.3, 0.4) is 0 Å². The van der Waals surface area contributed by atoms with Crippen molar-refractivity contribution in [3.63, 3.8) is 0 Å². The normalized spacial score (nSPS) is 17.3. The minimum atomic E-state index is -0.531. The van der Waals surface area contributed by atoms with Gasteiger partial charge in [0.2, 0.25) is 0 Å². The van der Waals surface area contributed by atoms with Crippen LogP contribution in [-0.2, 0) is 9.59 Å². The van der Waals surface area contributed by atoms with Crippen molar-refractivity contribution >= 4 is 25.3 Å². The fourth-order valence-electron chi connectivity index (χ4n) is 0.513. The second-order valence-corrected chi connectivity index (χ2v) is 1.51. The van der Waals surface area contributed by atoms with Crippen LogP contribution in [0, 0.1) is 0 Å². The van der Waals surface area contributed by atoms with Crippen LogP contribution in [-0.4, -0.2) is 24.9 Å². The van der Waals surface area contributed by atoms with Gasteiger partial charge in [0, 0.05) is 13.1 Å².